The van der Waals surface area contributed by atoms with Crippen LogP contribution < -0.4 is 5.32 Å². The Labute approximate surface area is 67.9 Å². The molecule has 1 rings (SSSR count). The lowest BCUT2D eigenvalue weighted by atomic mass is 10.0. The lowest BCUT2D eigenvalue weighted by Gasteiger charge is -2.27. The van der Waals surface area contributed by atoms with Gasteiger partial charge in [-0.2, -0.15) is 0 Å². The third-order valence-corrected chi connectivity index (χ3v) is 1.95. The third kappa shape index (κ3) is 2.48. The highest BCUT2D eigenvalue weighted by atomic mass is 16.5. The molecule has 1 N–H and O–H groups in total. The molecule has 11 heavy (non-hydrogen) atoms. The van der Waals surface area contributed by atoms with Crippen molar-refractivity contribution in [2.75, 3.05) is 13.3 Å². The molecule has 2 heteroatoms. The number of allylic oxidation sites excluding steroid dienone is 2. The second-order valence-corrected chi connectivity index (χ2v) is 2.79. The summed E-state index contributed by atoms with van der Waals surface area (Å²) in [6.07, 6.45) is 5.89. The quantitative estimate of drug-likeness (QED) is 0.604. The van der Waals surface area contributed by atoms with Crippen LogP contribution in [0.1, 0.15) is 6.92 Å². The second-order valence-electron chi connectivity index (χ2n) is 2.79. The lowest BCUT2D eigenvalue weighted by molar-refractivity contribution is 0.0384. The van der Waals surface area contributed by atoms with E-state index in [9.17, 15) is 0 Å². The van der Waals surface area contributed by atoms with Crippen molar-refractivity contribution in [3.8, 4) is 0 Å². The van der Waals surface area contributed by atoms with Crippen molar-refractivity contribution < 1.29 is 4.74 Å². The zero-order valence-electron chi connectivity index (χ0n) is 6.92. The van der Waals surface area contributed by atoms with E-state index in [4.69, 9.17) is 4.74 Å². The predicted octanol–water partition coefficient (Wildman–Crippen LogP) is 1.31. The van der Waals surface area contributed by atoms with Crippen molar-refractivity contribution in [3.63, 3.8) is 0 Å². The maximum atomic E-state index is 5.25. The largest absolute Gasteiger partial charge is 0.366 e. The summed E-state index contributed by atoms with van der Waals surface area (Å²) in [6.45, 7) is 7.29. The molecule has 1 aliphatic heterocycles. The topological polar surface area (TPSA) is 21.3 Å². The molecule has 62 valence electrons. The fourth-order valence-corrected chi connectivity index (χ4v) is 1.12. The molecule has 2 atom stereocenters. The minimum absolute atomic E-state index is 0.488. The van der Waals surface area contributed by atoms with E-state index < -0.39 is 0 Å². The van der Waals surface area contributed by atoms with E-state index in [1.54, 1.807) is 6.08 Å². The molecule has 0 aromatic rings. The van der Waals surface area contributed by atoms with Crippen molar-refractivity contribution in [1.82, 2.24) is 5.32 Å². The van der Waals surface area contributed by atoms with Crippen LogP contribution in [0.5, 0.6) is 0 Å². The average Bonchev–Trinajstić information content (AvgIpc) is 2.03. The number of hydrogen-bond acceptors (Lipinski definition) is 2. The van der Waals surface area contributed by atoms with Crippen LogP contribution in [0.25, 0.3) is 0 Å². The molecule has 0 aromatic carbocycles. The maximum absolute atomic E-state index is 5.25. The zero-order chi connectivity index (χ0) is 8.10. The molecule has 2 unspecified atom stereocenters. The first-order valence-electron chi connectivity index (χ1n) is 3.95. The van der Waals surface area contributed by atoms with Gasteiger partial charge in [0.25, 0.3) is 0 Å². The molecule has 0 aliphatic carbocycles. The molecule has 1 aliphatic rings. The molecule has 1 saturated heterocycles. The Hall–Kier alpha value is -0.600. The van der Waals surface area contributed by atoms with Crippen molar-refractivity contribution in [3.05, 3.63) is 24.8 Å². The number of ether oxygens (including phenoxy) is 1. The van der Waals surface area contributed by atoms with E-state index in [0.717, 1.165) is 6.61 Å². The van der Waals surface area contributed by atoms with Gasteiger partial charge < -0.3 is 4.74 Å². The highest BCUT2D eigenvalue weighted by Gasteiger charge is 2.17. The summed E-state index contributed by atoms with van der Waals surface area (Å²) < 4.78 is 5.25. The summed E-state index contributed by atoms with van der Waals surface area (Å²) in [5, 5.41) is 3.23. The van der Waals surface area contributed by atoms with Gasteiger partial charge in [-0.25, -0.2) is 0 Å². The Balaban J connectivity index is 2.41. The van der Waals surface area contributed by atoms with E-state index >= 15 is 0 Å². The van der Waals surface area contributed by atoms with Gasteiger partial charge in [-0.3, -0.25) is 5.32 Å². The standard InChI is InChI=1S/C9H15NO/c1-3-4-5-9-6-11-7-10-8(9)2/h3-5,8-10H,1,6-7H2,2H3/b5-4-. The van der Waals surface area contributed by atoms with Gasteiger partial charge in [-0.05, 0) is 6.92 Å². The fourth-order valence-electron chi connectivity index (χ4n) is 1.12. The monoisotopic (exact) mass is 153 g/mol. The van der Waals surface area contributed by atoms with Crippen LogP contribution >= 0.6 is 0 Å². The molecule has 1 heterocycles. The van der Waals surface area contributed by atoms with Crippen LogP contribution in [-0.2, 0) is 4.74 Å². The molecule has 1 fully saturated rings. The molecule has 0 amide bonds. The van der Waals surface area contributed by atoms with Crippen LogP contribution in [0, 0.1) is 5.92 Å². The minimum Gasteiger partial charge on any atom is -0.366 e. The number of nitrogens with one attached hydrogen (secondary N) is 1. The highest BCUT2D eigenvalue weighted by molar-refractivity contribution is 5.02. The first-order valence-corrected chi connectivity index (χ1v) is 3.95. The molecule has 0 spiro atoms. The Morgan fingerprint density at radius 1 is 1.64 bits per heavy atom. The van der Waals surface area contributed by atoms with Gasteiger partial charge >= 0.3 is 0 Å². The Morgan fingerprint density at radius 3 is 3.09 bits per heavy atom. The molecule has 2 nitrogen and oxygen atoms in total. The summed E-state index contributed by atoms with van der Waals surface area (Å²) in [5.41, 5.74) is 0. The Morgan fingerprint density at radius 2 is 2.45 bits per heavy atom. The molecule has 0 saturated carbocycles. The van der Waals surface area contributed by atoms with Gasteiger partial charge in [0.2, 0.25) is 0 Å². The first kappa shape index (κ1) is 8.50. The van der Waals surface area contributed by atoms with Crippen LogP contribution in [0.4, 0.5) is 0 Å². The van der Waals surface area contributed by atoms with Crippen LogP contribution in [0.15, 0.2) is 24.8 Å². The Bertz CT molecular complexity index is 154. The van der Waals surface area contributed by atoms with Crippen molar-refractivity contribution in [2.24, 2.45) is 5.92 Å². The average molecular weight is 153 g/mol. The van der Waals surface area contributed by atoms with Crippen LogP contribution in [0.3, 0.4) is 0 Å². The molecular weight excluding hydrogens is 138 g/mol. The summed E-state index contributed by atoms with van der Waals surface area (Å²) in [4.78, 5) is 0. The number of rotatable bonds is 2. The van der Waals surface area contributed by atoms with Crippen LogP contribution in [-0.4, -0.2) is 19.4 Å². The second kappa shape index (κ2) is 4.31. The normalized spacial score (nSPS) is 32.5. The lowest BCUT2D eigenvalue weighted by Crippen LogP contribution is -2.42. The van der Waals surface area contributed by atoms with Crippen molar-refractivity contribution in [2.45, 2.75) is 13.0 Å². The van der Waals surface area contributed by atoms with Gasteiger partial charge in [0.1, 0.15) is 0 Å². The number of hydrogen-bond donors (Lipinski definition) is 1. The molecule has 0 bridgehead atoms. The highest BCUT2D eigenvalue weighted by Crippen LogP contribution is 2.10. The summed E-state index contributed by atoms with van der Waals surface area (Å²) >= 11 is 0. The van der Waals surface area contributed by atoms with E-state index in [-0.39, 0.29) is 0 Å². The van der Waals surface area contributed by atoms with Crippen molar-refractivity contribution in [1.29, 1.82) is 0 Å². The minimum atomic E-state index is 0.488. The van der Waals surface area contributed by atoms with E-state index in [2.05, 4.69) is 24.9 Å². The maximum Gasteiger partial charge on any atom is 0.0967 e. The third-order valence-electron chi connectivity index (χ3n) is 1.95. The molecule has 0 aromatic heterocycles. The van der Waals surface area contributed by atoms with Crippen molar-refractivity contribution >= 4 is 0 Å². The van der Waals surface area contributed by atoms with E-state index in [0.29, 0.717) is 18.7 Å². The predicted molar refractivity (Wildman–Crippen MR) is 46.2 cm³/mol. The SMILES string of the molecule is C=C/C=C\C1COCNC1C. The van der Waals surface area contributed by atoms with Gasteiger partial charge in [0.15, 0.2) is 0 Å². The summed E-state index contributed by atoms with van der Waals surface area (Å²) in [6, 6.07) is 0.514. The van der Waals surface area contributed by atoms with E-state index in [1.165, 1.54) is 0 Å². The van der Waals surface area contributed by atoms with Crippen LogP contribution in [0.2, 0.25) is 0 Å². The smallest absolute Gasteiger partial charge is 0.0967 e. The molecular formula is C9H15NO. The summed E-state index contributed by atoms with van der Waals surface area (Å²) in [5.74, 6) is 0.488. The first-order chi connectivity index (χ1) is 5.34. The van der Waals surface area contributed by atoms with Gasteiger partial charge in [0, 0.05) is 12.0 Å². The van der Waals surface area contributed by atoms with Gasteiger partial charge in [-0.1, -0.05) is 24.8 Å². The van der Waals surface area contributed by atoms with Gasteiger partial charge in [-0.15, -0.1) is 0 Å². The zero-order valence-corrected chi connectivity index (χ0v) is 6.92. The fraction of sp³-hybridized carbons (Fsp3) is 0.556. The van der Waals surface area contributed by atoms with Gasteiger partial charge in [0.05, 0.1) is 13.3 Å². The Kier molecular flexibility index (Phi) is 3.33. The summed E-state index contributed by atoms with van der Waals surface area (Å²) in [7, 11) is 0. The van der Waals surface area contributed by atoms with E-state index in [1.807, 2.05) is 6.08 Å². The molecule has 0 radical (unpaired) electrons.